The Bertz CT molecular complexity index is 907. The van der Waals surface area contributed by atoms with Crippen LogP contribution in [-0.2, 0) is 19.9 Å². The maximum atomic E-state index is 5.36. The average Bonchev–Trinajstić information content (AvgIpc) is 2.95. The van der Waals surface area contributed by atoms with Gasteiger partial charge in [-0.3, -0.25) is 9.67 Å². The van der Waals surface area contributed by atoms with Crippen molar-refractivity contribution in [3.05, 3.63) is 40.3 Å². The standard InChI is InChI=1S/C17H18BrN5O/c1-23-16-4-3-10(7-15(16)21-22-23)20-13-5-6-19-14-9-17(24-2)12(18)8-11(13)14/h5-6,8-10H,3-4,7H2,1-2H3,(H,19,20). The number of nitrogens with one attached hydrogen (secondary N) is 1. The van der Waals surface area contributed by atoms with Gasteiger partial charge in [0.05, 0.1) is 28.5 Å². The number of benzene rings is 1. The molecule has 0 amide bonds. The van der Waals surface area contributed by atoms with Crippen molar-refractivity contribution in [3.8, 4) is 5.75 Å². The lowest BCUT2D eigenvalue weighted by molar-refractivity contribution is 0.412. The molecule has 1 aliphatic carbocycles. The Balaban J connectivity index is 1.64. The maximum absolute atomic E-state index is 5.36. The smallest absolute Gasteiger partial charge is 0.135 e. The maximum Gasteiger partial charge on any atom is 0.135 e. The molecule has 2 heterocycles. The van der Waals surface area contributed by atoms with Crippen LogP contribution in [0.5, 0.6) is 5.75 Å². The van der Waals surface area contributed by atoms with Gasteiger partial charge in [0, 0.05) is 42.8 Å². The highest BCUT2D eigenvalue weighted by Gasteiger charge is 2.23. The van der Waals surface area contributed by atoms with Gasteiger partial charge >= 0.3 is 0 Å². The molecule has 2 aromatic heterocycles. The van der Waals surface area contributed by atoms with Crippen LogP contribution in [0.25, 0.3) is 10.9 Å². The second kappa shape index (κ2) is 6.05. The Morgan fingerprint density at radius 3 is 3.08 bits per heavy atom. The van der Waals surface area contributed by atoms with Crippen LogP contribution in [0.15, 0.2) is 28.9 Å². The van der Waals surface area contributed by atoms with Gasteiger partial charge in [-0.15, -0.1) is 5.10 Å². The topological polar surface area (TPSA) is 64.9 Å². The molecule has 0 radical (unpaired) electrons. The third-order valence-electron chi connectivity index (χ3n) is 4.57. The van der Waals surface area contributed by atoms with Crippen LogP contribution in [0.4, 0.5) is 5.69 Å². The molecule has 24 heavy (non-hydrogen) atoms. The second-order valence-corrected chi connectivity index (χ2v) is 6.91. The van der Waals surface area contributed by atoms with Crippen molar-refractivity contribution in [3.63, 3.8) is 0 Å². The Morgan fingerprint density at radius 2 is 2.25 bits per heavy atom. The molecule has 4 rings (SSSR count). The fourth-order valence-corrected chi connectivity index (χ4v) is 3.81. The number of methoxy groups -OCH3 is 1. The van der Waals surface area contributed by atoms with Crippen molar-refractivity contribution in [2.24, 2.45) is 7.05 Å². The van der Waals surface area contributed by atoms with E-state index in [0.717, 1.165) is 51.8 Å². The lowest BCUT2D eigenvalue weighted by Gasteiger charge is -2.24. The highest BCUT2D eigenvalue weighted by molar-refractivity contribution is 9.10. The number of nitrogens with zero attached hydrogens (tertiary/aromatic N) is 4. The van der Waals surface area contributed by atoms with E-state index in [1.807, 2.05) is 30.1 Å². The third kappa shape index (κ3) is 2.62. The van der Waals surface area contributed by atoms with E-state index in [4.69, 9.17) is 4.74 Å². The summed E-state index contributed by atoms with van der Waals surface area (Å²) in [5, 5.41) is 13.2. The fraction of sp³-hybridized carbons (Fsp3) is 0.353. The minimum Gasteiger partial charge on any atom is -0.495 e. The summed E-state index contributed by atoms with van der Waals surface area (Å²) in [6.45, 7) is 0. The van der Waals surface area contributed by atoms with E-state index in [1.54, 1.807) is 7.11 Å². The molecule has 1 unspecified atom stereocenters. The molecule has 1 aromatic carbocycles. The highest BCUT2D eigenvalue weighted by atomic mass is 79.9. The highest BCUT2D eigenvalue weighted by Crippen LogP contribution is 2.33. The molecule has 1 atom stereocenters. The minimum atomic E-state index is 0.348. The molecule has 0 saturated heterocycles. The molecule has 0 saturated carbocycles. The summed E-state index contributed by atoms with van der Waals surface area (Å²) in [6, 6.07) is 6.38. The van der Waals surface area contributed by atoms with Crippen molar-refractivity contribution < 1.29 is 4.74 Å². The van der Waals surface area contributed by atoms with Crippen LogP contribution in [0.1, 0.15) is 17.8 Å². The molecular weight excluding hydrogens is 370 g/mol. The van der Waals surface area contributed by atoms with Crippen LogP contribution in [-0.4, -0.2) is 33.1 Å². The molecule has 0 fully saturated rings. The number of pyridine rings is 1. The summed E-state index contributed by atoms with van der Waals surface area (Å²) in [5.74, 6) is 0.786. The van der Waals surface area contributed by atoms with E-state index in [-0.39, 0.29) is 0 Å². The van der Waals surface area contributed by atoms with Crippen molar-refractivity contribution in [1.29, 1.82) is 0 Å². The first-order chi connectivity index (χ1) is 11.7. The number of aryl methyl sites for hydroxylation is 1. The largest absolute Gasteiger partial charge is 0.495 e. The first kappa shape index (κ1) is 15.4. The van der Waals surface area contributed by atoms with E-state index in [2.05, 4.69) is 42.6 Å². The summed E-state index contributed by atoms with van der Waals surface area (Å²) in [4.78, 5) is 4.46. The van der Waals surface area contributed by atoms with Crippen molar-refractivity contribution in [1.82, 2.24) is 20.0 Å². The molecule has 0 aliphatic heterocycles. The number of halogens is 1. The van der Waals surface area contributed by atoms with Gasteiger partial charge in [0.1, 0.15) is 5.75 Å². The van der Waals surface area contributed by atoms with Crippen molar-refractivity contribution in [2.45, 2.75) is 25.3 Å². The normalized spacial score (nSPS) is 16.9. The Labute approximate surface area is 148 Å². The van der Waals surface area contributed by atoms with Gasteiger partial charge in [-0.1, -0.05) is 5.21 Å². The van der Waals surface area contributed by atoms with E-state index in [1.165, 1.54) is 5.69 Å². The summed E-state index contributed by atoms with van der Waals surface area (Å²) < 4.78 is 8.17. The third-order valence-corrected chi connectivity index (χ3v) is 5.19. The van der Waals surface area contributed by atoms with Gasteiger partial charge in [-0.25, -0.2) is 0 Å². The average molecular weight is 388 g/mol. The van der Waals surface area contributed by atoms with E-state index in [0.29, 0.717) is 6.04 Å². The van der Waals surface area contributed by atoms with E-state index < -0.39 is 0 Å². The van der Waals surface area contributed by atoms with E-state index >= 15 is 0 Å². The molecule has 6 nitrogen and oxygen atoms in total. The lowest BCUT2D eigenvalue weighted by Crippen LogP contribution is -2.28. The SMILES string of the molecule is COc1cc2nccc(NC3CCc4c(nnn4C)C3)c2cc1Br. The first-order valence-electron chi connectivity index (χ1n) is 7.92. The van der Waals surface area contributed by atoms with Crippen LogP contribution >= 0.6 is 15.9 Å². The number of hydrogen-bond acceptors (Lipinski definition) is 5. The monoisotopic (exact) mass is 387 g/mol. The fourth-order valence-electron chi connectivity index (χ4n) is 3.30. The van der Waals surface area contributed by atoms with Crippen molar-refractivity contribution >= 4 is 32.5 Å². The quantitative estimate of drug-likeness (QED) is 0.747. The Kier molecular flexibility index (Phi) is 3.88. The zero-order chi connectivity index (χ0) is 16.7. The minimum absolute atomic E-state index is 0.348. The number of hydrogen-bond donors (Lipinski definition) is 1. The molecule has 124 valence electrons. The van der Waals surface area contributed by atoms with Crippen LogP contribution in [0.3, 0.4) is 0 Å². The summed E-state index contributed by atoms with van der Waals surface area (Å²) >= 11 is 3.56. The van der Waals surface area contributed by atoms with Gasteiger partial charge in [0.2, 0.25) is 0 Å². The van der Waals surface area contributed by atoms with Gasteiger partial charge < -0.3 is 10.1 Å². The van der Waals surface area contributed by atoms with Crippen LogP contribution in [0, 0.1) is 0 Å². The molecule has 1 N–H and O–H groups in total. The van der Waals surface area contributed by atoms with E-state index in [9.17, 15) is 0 Å². The number of fused-ring (bicyclic) bond motifs is 2. The molecule has 3 aromatic rings. The van der Waals surface area contributed by atoms with Gasteiger partial charge in [0.15, 0.2) is 0 Å². The Morgan fingerprint density at radius 1 is 1.38 bits per heavy atom. The van der Waals surface area contributed by atoms with Crippen LogP contribution in [0.2, 0.25) is 0 Å². The predicted molar refractivity (Wildman–Crippen MR) is 96.4 cm³/mol. The molecular formula is C17H18BrN5O. The summed E-state index contributed by atoms with van der Waals surface area (Å²) in [7, 11) is 3.62. The Hall–Kier alpha value is -2.15. The number of ether oxygens (including phenoxy) is 1. The summed E-state index contributed by atoms with van der Waals surface area (Å²) in [5.41, 5.74) is 4.35. The lowest BCUT2D eigenvalue weighted by atomic mass is 9.95. The molecule has 0 bridgehead atoms. The van der Waals surface area contributed by atoms with Gasteiger partial charge in [0.25, 0.3) is 0 Å². The number of rotatable bonds is 3. The number of aromatic nitrogens is 4. The zero-order valence-corrected chi connectivity index (χ0v) is 15.2. The molecule has 0 spiro atoms. The zero-order valence-electron chi connectivity index (χ0n) is 13.6. The van der Waals surface area contributed by atoms with Gasteiger partial charge in [-0.2, -0.15) is 0 Å². The number of anilines is 1. The second-order valence-electron chi connectivity index (χ2n) is 6.05. The van der Waals surface area contributed by atoms with Gasteiger partial charge in [-0.05, 0) is 40.9 Å². The summed E-state index contributed by atoms with van der Waals surface area (Å²) in [6.07, 6.45) is 4.78. The molecule has 7 heteroatoms. The molecule has 1 aliphatic rings. The van der Waals surface area contributed by atoms with Crippen LogP contribution < -0.4 is 10.1 Å². The first-order valence-corrected chi connectivity index (χ1v) is 8.71. The predicted octanol–water partition coefficient (Wildman–Crippen LogP) is 3.10. The van der Waals surface area contributed by atoms with Crippen molar-refractivity contribution in [2.75, 3.05) is 12.4 Å².